The number of benzene rings is 1. The third-order valence-electron chi connectivity index (χ3n) is 4.03. The Morgan fingerprint density at radius 2 is 1.90 bits per heavy atom. The molecule has 1 heterocycles. The Hall–Kier alpha value is -1.83. The first-order chi connectivity index (χ1) is 9.95. The van der Waals surface area contributed by atoms with Crippen molar-refractivity contribution >= 4 is 5.91 Å². The Kier molecular flexibility index (Phi) is 4.66. The molecule has 0 radical (unpaired) electrons. The molecule has 0 aromatic heterocycles. The average molecular weight is 285 g/mol. The zero-order chi connectivity index (χ0) is 15.5. The van der Waals surface area contributed by atoms with Crippen LogP contribution >= 0.6 is 0 Å². The van der Waals surface area contributed by atoms with Crippen molar-refractivity contribution in [3.05, 3.63) is 35.4 Å². The highest BCUT2D eigenvalue weighted by Crippen LogP contribution is 2.23. The van der Waals surface area contributed by atoms with Gasteiger partial charge in [-0.05, 0) is 31.5 Å². The predicted octanol–water partition coefficient (Wildman–Crippen LogP) is 1.05. The van der Waals surface area contributed by atoms with Crippen LogP contribution in [0.25, 0.3) is 0 Å². The number of likely N-dealkylation sites (N-methyl/N-ethyl adjacent to an activating group) is 1. The van der Waals surface area contributed by atoms with Crippen molar-refractivity contribution < 1.29 is 4.79 Å². The summed E-state index contributed by atoms with van der Waals surface area (Å²) in [5.41, 5.74) is 7.08. The van der Waals surface area contributed by atoms with Crippen LogP contribution in [-0.2, 0) is 11.3 Å². The summed E-state index contributed by atoms with van der Waals surface area (Å²) in [7, 11) is 1.87. The number of nitrogens with zero attached hydrogens (tertiary/aromatic N) is 2. The van der Waals surface area contributed by atoms with Gasteiger partial charge in [-0.25, -0.2) is 0 Å². The second-order valence-electron chi connectivity index (χ2n) is 5.91. The van der Waals surface area contributed by atoms with Crippen LogP contribution in [0.3, 0.4) is 0 Å². The van der Waals surface area contributed by atoms with Gasteiger partial charge in [-0.3, -0.25) is 9.69 Å². The molecular formula is C17H23N3O. The zero-order valence-electron chi connectivity index (χ0n) is 13.0. The molecule has 112 valence electrons. The lowest BCUT2D eigenvalue weighted by molar-refractivity contribution is -0.147. The molecule has 0 saturated carbocycles. The van der Waals surface area contributed by atoms with Gasteiger partial charge in [0.1, 0.15) is 0 Å². The molecule has 0 atom stereocenters. The van der Waals surface area contributed by atoms with Gasteiger partial charge in [0.05, 0.1) is 12.1 Å². The Morgan fingerprint density at radius 3 is 2.52 bits per heavy atom. The van der Waals surface area contributed by atoms with E-state index in [9.17, 15) is 4.79 Å². The molecule has 0 aliphatic carbocycles. The fourth-order valence-electron chi connectivity index (χ4n) is 2.60. The van der Waals surface area contributed by atoms with Crippen molar-refractivity contribution in [2.24, 2.45) is 5.73 Å². The first-order valence-electron chi connectivity index (χ1n) is 7.23. The summed E-state index contributed by atoms with van der Waals surface area (Å²) in [4.78, 5) is 16.3. The molecule has 4 heteroatoms. The number of carbonyl (C=O) groups is 1. The van der Waals surface area contributed by atoms with Crippen LogP contribution in [0.5, 0.6) is 0 Å². The highest BCUT2D eigenvalue weighted by molar-refractivity contribution is 5.86. The number of rotatable bonds is 2. The van der Waals surface area contributed by atoms with E-state index in [0.29, 0.717) is 6.54 Å². The molecule has 21 heavy (non-hydrogen) atoms. The zero-order valence-corrected chi connectivity index (χ0v) is 13.0. The fourth-order valence-corrected chi connectivity index (χ4v) is 2.60. The Balaban J connectivity index is 2.09. The summed E-state index contributed by atoms with van der Waals surface area (Å²) >= 11 is 0. The van der Waals surface area contributed by atoms with Crippen molar-refractivity contribution in [1.82, 2.24) is 9.80 Å². The number of carbonyl (C=O) groups excluding carboxylic acids is 1. The molecular weight excluding hydrogens is 262 g/mol. The van der Waals surface area contributed by atoms with Crippen LogP contribution in [-0.4, -0.2) is 47.9 Å². The molecule has 0 spiro atoms. The standard InChI is InChI=1S/C17H23N3O/c1-17(2)16(21)19(3)11-12-20(17)13-15-8-6-14(7-9-15)5-4-10-18/h6-9H,10-13,18H2,1-3H3. The molecule has 1 fully saturated rings. The molecule has 1 aromatic carbocycles. The maximum Gasteiger partial charge on any atom is 0.242 e. The van der Waals surface area contributed by atoms with E-state index in [-0.39, 0.29) is 5.91 Å². The smallest absolute Gasteiger partial charge is 0.242 e. The second-order valence-corrected chi connectivity index (χ2v) is 5.91. The van der Waals surface area contributed by atoms with E-state index in [1.807, 2.05) is 37.9 Å². The van der Waals surface area contributed by atoms with E-state index >= 15 is 0 Å². The summed E-state index contributed by atoms with van der Waals surface area (Å²) in [6.45, 7) is 6.81. The van der Waals surface area contributed by atoms with Gasteiger partial charge in [0.15, 0.2) is 0 Å². The van der Waals surface area contributed by atoms with Gasteiger partial charge in [-0.1, -0.05) is 24.0 Å². The molecule has 1 aliphatic heterocycles. The lowest BCUT2D eigenvalue weighted by Gasteiger charge is -2.44. The Labute approximate surface area is 126 Å². The third kappa shape index (κ3) is 3.44. The monoisotopic (exact) mass is 285 g/mol. The number of hydrogen-bond acceptors (Lipinski definition) is 3. The lowest BCUT2D eigenvalue weighted by Crippen LogP contribution is -2.61. The second kappa shape index (κ2) is 6.30. The highest BCUT2D eigenvalue weighted by Gasteiger charge is 2.40. The average Bonchev–Trinajstić information content (AvgIpc) is 2.47. The predicted molar refractivity (Wildman–Crippen MR) is 84.5 cm³/mol. The van der Waals surface area contributed by atoms with Gasteiger partial charge in [-0.15, -0.1) is 0 Å². The molecule has 0 bridgehead atoms. The first kappa shape index (κ1) is 15.6. The SMILES string of the molecule is CN1CCN(Cc2ccc(C#CCN)cc2)C(C)(C)C1=O. The van der Waals surface area contributed by atoms with Crippen molar-refractivity contribution in [1.29, 1.82) is 0 Å². The summed E-state index contributed by atoms with van der Waals surface area (Å²) in [5, 5.41) is 0. The third-order valence-corrected chi connectivity index (χ3v) is 4.03. The molecule has 2 N–H and O–H groups in total. The van der Waals surface area contributed by atoms with Crippen LogP contribution in [0.1, 0.15) is 25.0 Å². The normalized spacial score (nSPS) is 18.3. The minimum absolute atomic E-state index is 0.180. The fraction of sp³-hybridized carbons (Fsp3) is 0.471. The van der Waals surface area contributed by atoms with E-state index < -0.39 is 5.54 Å². The molecule has 1 aromatic rings. The molecule has 4 nitrogen and oxygen atoms in total. The number of amides is 1. The van der Waals surface area contributed by atoms with Crippen LogP contribution in [0.15, 0.2) is 24.3 Å². The van der Waals surface area contributed by atoms with E-state index in [1.165, 1.54) is 5.56 Å². The van der Waals surface area contributed by atoms with Gasteiger partial charge in [-0.2, -0.15) is 0 Å². The van der Waals surface area contributed by atoms with Gasteiger partial charge in [0.25, 0.3) is 0 Å². The molecule has 1 aliphatic rings. The number of piperazine rings is 1. The summed E-state index contributed by atoms with van der Waals surface area (Å²) in [5.74, 6) is 6.04. The minimum atomic E-state index is -0.453. The minimum Gasteiger partial charge on any atom is -0.343 e. The van der Waals surface area contributed by atoms with Crippen LogP contribution in [0.4, 0.5) is 0 Å². The summed E-state index contributed by atoms with van der Waals surface area (Å²) < 4.78 is 0. The van der Waals surface area contributed by atoms with Gasteiger partial charge >= 0.3 is 0 Å². The van der Waals surface area contributed by atoms with Gasteiger partial charge in [0.2, 0.25) is 5.91 Å². The van der Waals surface area contributed by atoms with E-state index in [0.717, 1.165) is 25.2 Å². The van der Waals surface area contributed by atoms with Gasteiger partial charge < -0.3 is 10.6 Å². The highest BCUT2D eigenvalue weighted by atomic mass is 16.2. The van der Waals surface area contributed by atoms with Crippen molar-refractivity contribution in [2.45, 2.75) is 25.9 Å². The van der Waals surface area contributed by atoms with Crippen LogP contribution in [0, 0.1) is 11.8 Å². The molecule has 2 rings (SSSR count). The maximum absolute atomic E-state index is 12.3. The van der Waals surface area contributed by atoms with Crippen LogP contribution < -0.4 is 5.73 Å². The summed E-state index contributed by atoms with van der Waals surface area (Å²) in [6.07, 6.45) is 0. The number of nitrogens with two attached hydrogens (primary N) is 1. The van der Waals surface area contributed by atoms with Crippen molar-refractivity contribution in [3.8, 4) is 11.8 Å². The van der Waals surface area contributed by atoms with Crippen molar-refractivity contribution in [2.75, 3.05) is 26.7 Å². The Bertz CT molecular complexity index is 566. The number of hydrogen-bond donors (Lipinski definition) is 1. The van der Waals surface area contributed by atoms with Crippen LogP contribution in [0.2, 0.25) is 0 Å². The van der Waals surface area contributed by atoms with E-state index in [4.69, 9.17) is 5.73 Å². The Morgan fingerprint density at radius 1 is 1.24 bits per heavy atom. The first-order valence-corrected chi connectivity index (χ1v) is 7.23. The molecule has 0 unspecified atom stereocenters. The van der Waals surface area contributed by atoms with Crippen molar-refractivity contribution in [3.63, 3.8) is 0 Å². The van der Waals surface area contributed by atoms with E-state index in [2.05, 4.69) is 28.9 Å². The van der Waals surface area contributed by atoms with E-state index in [1.54, 1.807) is 0 Å². The van der Waals surface area contributed by atoms with Gasteiger partial charge in [0, 0.05) is 32.2 Å². The lowest BCUT2D eigenvalue weighted by atomic mass is 9.97. The summed E-state index contributed by atoms with van der Waals surface area (Å²) in [6, 6.07) is 8.14. The largest absolute Gasteiger partial charge is 0.343 e. The molecule has 1 amide bonds. The topological polar surface area (TPSA) is 49.6 Å². The maximum atomic E-state index is 12.3. The quantitative estimate of drug-likeness (QED) is 0.826. The molecule has 1 saturated heterocycles.